The van der Waals surface area contributed by atoms with Crippen LogP contribution in [0.15, 0.2) is 36.9 Å². The van der Waals surface area contributed by atoms with E-state index < -0.39 is 0 Å². The largest absolute Gasteiger partial charge is 0.380 e. The van der Waals surface area contributed by atoms with Crippen LogP contribution in [0.25, 0.3) is 5.69 Å². The molecule has 0 radical (unpaired) electrons. The highest BCUT2D eigenvalue weighted by Crippen LogP contribution is 2.29. The molecule has 106 valence electrons. The van der Waals surface area contributed by atoms with Crippen molar-refractivity contribution in [3.05, 3.63) is 41.9 Å². The van der Waals surface area contributed by atoms with Crippen LogP contribution in [0.1, 0.15) is 12.8 Å². The third kappa shape index (κ3) is 2.81. The first-order chi connectivity index (χ1) is 9.74. The molecule has 5 heteroatoms. The highest BCUT2D eigenvalue weighted by atomic mass is 35.5. The summed E-state index contributed by atoms with van der Waals surface area (Å²) in [4.78, 5) is 6.48. The van der Waals surface area contributed by atoms with Crippen LogP contribution in [0.2, 0.25) is 5.02 Å². The van der Waals surface area contributed by atoms with Gasteiger partial charge in [-0.25, -0.2) is 4.98 Å². The molecule has 1 aromatic heterocycles. The van der Waals surface area contributed by atoms with E-state index in [1.807, 2.05) is 22.9 Å². The smallest absolute Gasteiger partial charge is 0.0992 e. The van der Waals surface area contributed by atoms with Gasteiger partial charge in [-0.15, -0.1) is 0 Å². The molecule has 1 aliphatic heterocycles. The summed E-state index contributed by atoms with van der Waals surface area (Å²) >= 11 is 6.36. The lowest BCUT2D eigenvalue weighted by atomic mass is 10.0. The number of hydrogen-bond acceptors (Lipinski definition) is 3. The molecule has 0 bridgehead atoms. The van der Waals surface area contributed by atoms with Crippen molar-refractivity contribution < 1.29 is 0 Å². The first-order valence-corrected chi connectivity index (χ1v) is 7.34. The second kappa shape index (κ2) is 5.85. The Balaban J connectivity index is 1.85. The topological polar surface area (TPSA) is 33.1 Å². The minimum absolute atomic E-state index is 0.506. The lowest BCUT2D eigenvalue weighted by Crippen LogP contribution is -2.36. The molecule has 1 N–H and O–H groups in total. The number of imidazole rings is 1. The number of aromatic nitrogens is 2. The average Bonchev–Trinajstić information content (AvgIpc) is 2.95. The van der Waals surface area contributed by atoms with Gasteiger partial charge in [-0.05, 0) is 45.1 Å². The number of anilines is 1. The third-order valence-corrected chi connectivity index (χ3v) is 4.13. The van der Waals surface area contributed by atoms with Crippen LogP contribution in [-0.4, -0.2) is 40.6 Å². The second-order valence-corrected chi connectivity index (χ2v) is 5.74. The van der Waals surface area contributed by atoms with Crippen molar-refractivity contribution in [2.45, 2.75) is 18.9 Å². The second-order valence-electron chi connectivity index (χ2n) is 5.33. The fourth-order valence-corrected chi connectivity index (χ4v) is 2.93. The van der Waals surface area contributed by atoms with Crippen molar-refractivity contribution in [1.82, 2.24) is 14.5 Å². The maximum atomic E-state index is 6.36. The lowest BCUT2D eigenvalue weighted by Gasteiger charge is -2.30. The van der Waals surface area contributed by atoms with Gasteiger partial charge in [-0.3, -0.25) is 0 Å². The zero-order chi connectivity index (χ0) is 13.9. The van der Waals surface area contributed by atoms with Crippen molar-refractivity contribution in [3.8, 4) is 5.69 Å². The molecular formula is C15H19ClN4. The van der Waals surface area contributed by atoms with Crippen LogP contribution < -0.4 is 5.32 Å². The van der Waals surface area contributed by atoms with Gasteiger partial charge in [0.15, 0.2) is 0 Å². The Kier molecular flexibility index (Phi) is 3.94. The van der Waals surface area contributed by atoms with Crippen LogP contribution in [0, 0.1) is 0 Å². The van der Waals surface area contributed by atoms with E-state index in [0.717, 1.165) is 42.3 Å². The van der Waals surface area contributed by atoms with Gasteiger partial charge in [-0.2, -0.15) is 0 Å². The first kappa shape index (κ1) is 13.5. The van der Waals surface area contributed by atoms with E-state index >= 15 is 0 Å². The number of benzene rings is 1. The van der Waals surface area contributed by atoms with E-state index in [4.69, 9.17) is 11.6 Å². The number of rotatable bonds is 3. The molecule has 0 spiro atoms. The molecule has 0 atom stereocenters. The monoisotopic (exact) mass is 290 g/mol. The van der Waals surface area contributed by atoms with Crippen molar-refractivity contribution in [3.63, 3.8) is 0 Å². The van der Waals surface area contributed by atoms with Crippen molar-refractivity contribution in [2.75, 3.05) is 25.5 Å². The van der Waals surface area contributed by atoms with E-state index in [1.165, 1.54) is 0 Å². The van der Waals surface area contributed by atoms with Gasteiger partial charge in [0.1, 0.15) is 0 Å². The van der Waals surface area contributed by atoms with Crippen LogP contribution in [-0.2, 0) is 0 Å². The Labute approximate surface area is 124 Å². The number of nitrogens with zero attached hydrogens (tertiary/aromatic N) is 3. The molecule has 1 fully saturated rings. The summed E-state index contributed by atoms with van der Waals surface area (Å²) in [6.07, 6.45) is 7.78. The molecule has 20 heavy (non-hydrogen) atoms. The lowest BCUT2D eigenvalue weighted by molar-refractivity contribution is 0.264. The number of piperidine rings is 1. The summed E-state index contributed by atoms with van der Waals surface area (Å²) in [6, 6.07) is 6.49. The van der Waals surface area contributed by atoms with Gasteiger partial charge in [0.25, 0.3) is 0 Å². The van der Waals surface area contributed by atoms with Gasteiger partial charge in [0.2, 0.25) is 0 Å². The molecule has 0 amide bonds. The molecule has 3 rings (SSSR count). The molecule has 0 saturated carbocycles. The van der Waals surface area contributed by atoms with Crippen LogP contribution >= 0.6 is 11.6 Å². The summed E-state index contributed by atoms with van der Waals surface area (Å²) in [5, 5.41) is 4.38. The molecule has 1 aliphatic rings. The van der Waals surface area contributed by atoms with Crippen LogP contribution in [0.4, 0.5) is 5.69 Å². The maximum Gasteiger partial charge on any atom is 0.0992 e. The summed E-state index contributed by atoms with van der Waals surface area (Å²) in [5.74, 6) is 0. The zero-order valence-electron chi connectivity index (χ0n) is 11.6. The molecular weight excluding hydrogens is 272 g/mol. The normalized spacial score (nSPS) is 17.3. The standard InChI is InChI=1S/C15H19ClN4/c1-19-8-5-12(6-9-19)18-14-4-2-3-13(16)15(14)20-10-7-17-11-20/h2-4,7,10-12,18H,5-6,8-9H2,1H3. The van der Waals surface area contributed by atoms with Gasteiger partial charge in [0.05, 0.1) is 22.7 Å². The Hall–Kier alpha value is -1.52. The van der Waals surface area contributed by atoms with E-state index in [-0.39, 0.29) is 0 Å². The van der Waals surface area contributed by atoms with E-state index in [1.54, 1.807) is 12.5 Å². The summed E-state index contributed by atoms with van der Waals surface area (Å²) < 4.78 is 1.96. The van der Waals surface area contributed by atoms with E-state index in [9.17, 15) is 0 Å². The SMILES string of the molecule is CN1CCC(Nc2cccc(Cl)c2-n2ccnc2)CC1. The molecule has 2 heterocycles. The average molecular weight is 291 g/mol. The van der Waals surface area contributed by atoms with Crippen molar-refractivity contribution >= 4 is 17.3 Å². The Morgan fingerprint density at radius 2 is 2.10 bits per heavy atom. The molecule has 0 unspecified atom stereocenters. The fourth-order valence-electron chi connectivity index (χ4n) is 2.66. The molecule has 1 saturated heterocycles. The molecule has 0 aliphatic carbocycles. The first-order valence-electron chi connectivity index (χ1n) is 6.96. The molecule has 4 nitrogen and oxygen atoms in total. The van der Waals surface area contributed by atoms with Crippen LogP contribution in [0.3, 0.4) is 0 Å². The summed E-state index contributed by atoms with van der Waals surface area (Å²) in [7, 11) is 2.17. The minimum atomic E-state index is 0.506. The zero-order valence-corrected chi connectivity index (χ0v) is 12.3. The minimum Gasteiger partial charge on any atom is -0.380 e. The highest BCUT2D eigenvalue weighted by molar-refractivity contribution is 6.33. The predicted octanol–water partition coefficient (Wildman–Crippen LogP) is 3.03. The highest BCUT2D eigenvalue weighted by Gasteiger charge is 2.18. The van der Waals surface area contributed by atoms with Gasteiger partial charge < -0.3 is 14.8 Å². The van der Waals surface area contributed by atoms with E-state index in [0.29, 0.717) is 6.04 Å². The Bertz CT molecular complexity index is 559. The maximum absolute atomic E-state index is 6.36. The number of likely N-dealkylation sites (tertiary alicyclic amines) is 1. The number of nitrogens with one attached hydrogen (secondary N) is 1. The fraction of sp³-hybridized carbons (Fsp3) is 0.400. The quantitative estimate of drug-likeness (QED) is 0.943. The molecule has 1 aromatic carbocycles. The third-order valence-electron chi connectivity index (χ3n) is 3.83. The van der Waals surface area contributed by atoms with Gasteiger partial charge in [0, 0.05) is 18.4 Å². The number of para-hydroxylation sites is 1. The van der Waals surface area contributed by atoms with Gasteiger partial charge >= 0.3 is 0 Å². The van der Waals surface area contributed by atoms with Gasteiger partial charge in [-0.1, -0.05) is 17.7 Å². The number of hydrogen-bond donors (Lipinski definition) is 1. The van der Waals surface area contributed by atoms with Crippen LogP contribution in [0.5, 0.6) is 0 Å². The summed E-state index contributed by atoms with van der Waals surface area (Å²) in [5.41, 5.74) is 2.05. The van der Waals surface area contributed by atoms with E-state index in [2.05, 4.69) is 28.3 Å². The summed E-state index contributed by atoms with van der Waals surface area (Å²) in [6.45, 7) is 2.28. The van der Waals surface area contributed by atoms with Crippen molar-refractivity contribution in [1.29, 1.82) is 0 Å². The van der Waals surface area contributed by atoms with Crippen molar-refractivity contribution in [2.24, 2.45) is 0 Å². The Morgan fingerprint density at radius 1 is 1.30 bits per heavy atom. The molecule has 2 aromatic rings. The number of halogens is 1. The Morgan fingerprint density at radius 3 is 2.80 bits per heavy atom. The predicted molar refractivity (Wildman–Crippen MR) is 82.7 cm³/mol.